The van der Waals surface area contributed by atoms with E-state index in [0.29, 0.717) is 32.5 Å². The zero-order chi connectivity index (χ0) is 23.2. The van der Waals surface area contributed by atoms with Crippen LogP contribution in [-0.4, -0.2) is 84.1 Å². The molecule has 0 spiro atoms. The Bertz CT molecular complexity index is 677. The molecule has 2 heterocycles. The monoisotopic (exact) mass is 440 g/mol. The summed E-state index contributed by atoms with van der Waals surface area (Å²) in [7, 11) is 1.60. The number of amides is 4. The summed E-state index contributed by atoms with van der Waals surface area (Å²) in [6.45, 7) is 6.67. The largest absolute Gasteiger partial charge is 0.444 e. The number of methoxy groups -OCH3 is 1. The highest BCUT2D eigenvalue weighted by atomic mass is 16.6. The fourth-order valence-electron chi connectivity index (χ4n) is 4.17. The van der Waals surface area contributed by atoms with Crippen LogP contribution in [0.2, 0.25) is 0 Å². The molecule has 0 aromatic carbocycles. The maximum atomic E-state index is 13.2. The van der Waals surface area contributed by atoms with Crippen LogP contribution < -0.4 is 11.1 Å². The van der Waals surface area contributed by atoms with E-state index < -0.39 is 35.6 Å². The maximum absolute atomic E-state index is 13.2. The third kappa shape index (κ3) is 7.09. The van der Waals surface area contributed by atoms with Gasteiger partial charge in [-0.15, -0.1) is 0 Å². The van der Waals surface area contributed by atoms with E-state index in [9.17, 15) is 19.2 Å². The van der Waals surface area contributed by atoms with E-state index in [1.54, 1.807) is 32.8 Å². The second kappa shape index (κ2) is 10.8. The van der Waals surface area contributed by atoms with E-state index in [0.717, 1.165) is 12.8 Å². The molecule has 0 saturated carbocycles. The van der Waals surface area contributed by atoms with Gasteiger partial charge < -0.3 is 30.3 Å². The standard InChI is InChI=1S/C21H36N4O6/c1-21(2,3)31-20(29)23-15(19(28)25-12-6-8-16(25)18(22)27)9-10-17(26)24-11-5-7-14(24)13-30-4/h14-16H,5-13H2,1-4H3,(H2,22,27)(H,23,29)/t14-,15?,16?/m0/s1. The number of likely N-dealkylation sites (tertiary alicyclic amines) is 2. The summed E-state index contributed by atoms with van der Waals surface area (Å²) in [5, 5.41) is 2.59. The first kappa shape index (κ1) is 24.9. The van der Waals surface area contributed by atoms with Crippen LogP contribution in [0.1, 0.15) is 59.3 Å². The average Bonchev–Trinajstić information content (AvgIpc) is 3.32. The van der Waals surface area contributed by atoms with E-state index in [4.69, 9.17) is 15.2 Å². The number of primary amides is 1. The molecule has 3 N–H and O–H groups in total. The van der Waals surface area contributed by atoms with Crippen molar-refractivity contribution in [3.63, 3.8) is 0 Å². The Morgan fingerprint density at radius 1 is 1.10 bits per heavy atom. The normalized spacial score (nSPS) is 22.3. The molecule has 0 bridgehead atoms. The molecule has 2 unspecified atom stereocenters. The minimum atomic E-state index is -0.984. The summed E-state index contributed by atoms with van der Waals surface area (Å²) >= 11 is 0. The Labute approximate surface area is 183 Å². The SMILES string of the molecule is COC[C@@H]1CCCN1C(=O)CCC(NC(=O)OC(C)(C)C)C(=O)N1CCCC1C(N)=O. The molecular weight excluding hydrogens is 404 g/mol. The van der Waals surface area contributed by atoms with Gasteiger partial charge in [0.15, 0.2) is 0 Å². The van der Waals surface area contributed by atoms with E-state index >= 15 is 0 Å². The van der Waals surface area contributed by atoms with E-state index in [1.807, 2.05) is 0 Å². The Hall–Kier alpha value is -2.36. The van der Waals surface area contributed by atoms with Gasteiger partial charge in [-0.1, -0.05) is 0 Å². The van der Waals surface area contributed by atoms with Crippen molar-refractivity contribution in [1.82, 2.24) is 15.1 Å². The Kier molecular flexibility index (Phi) is 8.67. The van der Waals surface area contributed by atoms with Crippen molar-refractivity contribution < 1.29 is 28.7 Å². The average molecular weight is 441 g/mol. The third-order valence-electron chi connectivity index (χ3n) is 5.56. The lowest BCUT2D eigenvalue weighted by Gasteiger charge is -2.29. The predicted octanol–water partition coefficient (Wildman–Crippen LogP) is 0.774. The zero-order valence-electron chi connectivity index (χ0n) is 19.0. The first-order valence-corrected chi connectivity index (χ1v) is 10.9. The summed E-state index contributed by atoms with van der Waals surface area (Å²) in [4.78, 5) is 53.2. The fourth-order valence-corrected chi connectivity index (χ4v) is 4.17. The lowest BCUT2D eigenvalue weighted by Crippen LogP contribution is -2.53. The predicted molar refractivity (Wildman–Crippen MR) is 113 cm³/mol. The highest BCUT2D eigenvalue weighted by Crippen LogP contribution is 2.22. The molecule has 2 fully saturated rings. The molecular formula is C21H36N4O6. The van der Waals surface area contributed by atoms with Gasteiger partial charge >= 0.3 is 6.09 Å². The number of ether oxygens (including phenoxy) is 2. The van der Waals surface area contributed by atoms with Gasteiger partial charge in [-0.3, -0.25) is 14.4 Å². The summed E-state index contributed by atoms with van der Waals surface area (Å²) in [5.74, 6) is -1.08. The molecule has 0 aromatic heterocycles. The molecule has 31 heavy (non-hydrogen) atoms. The number of carbonyl (C=O) groups excluding carboxylic acids is 4. The quantitative estimate of drug-likeness (QED) is 0.573. The molecule has 0 aromatic rings. The molecule has 2 aliphatic heterocycles. The van der Waals surface area contributed by atoms with Crippen LogP contribution in [0.15, 0.2) is 0 Å². The highest BCUT2D eigenvalue weighted by Gasteiger charge is 2.38. The molecule has 10 nitrogen and oxygen atoms in total. The van der Waals surface area contributed by atoms with E-state index in [1.165, 1.54) is 4.90 Å². The van der Waals surface area contributed by atoms with Crippen LogP contribution in [0.4, 0.5) is 4.79 Å². The lowest BCUT2D eigenvalue weighted by atomic mass is 10.1. The van der Waals surface area contributed by atoms with Gasteiger partial charge in [0.2, 0.25) is 17.7 Å². The summed E-state index contributed by atoms with van der Waals surface area (Å²) < 4.78 is 10.5. The number of hydrogen-bond acceptors (Lipinski definition) is 6. The number of nitrogens with zero attached hydrogens (tertiary/aromatic N) is 2. The molecule has 10 heteroatoms. The first-order chi connectivity index (χ1) is 14.5. The van der Waals surface area contributed by atoms with Gasteiger partial charge in [-0.2, -0.15) is 0 Å². The van der Waals surface area contributed by atoms with Gasteiger partial charge in [0, 0.05) is 26.6 Å². The van der Waals surface area contributed by atoms with Crippen molar-refractivity contribution in [3.05, 3.63) is 0 Å². The second-order valence-corrected chi connectivity index (χ2v) is 9.17. The lowest BCUT2D eigenvalue weighted by molar-refractivity contribution is -0.139. The minimum absolute atomic E-state index is 0.0308. The van der Waals surface area contributed by atoms with Crippen molar-refractivity contribution in [2.45, 2.75) is 83.0 Å². The Morgan fingerprint density at radius 3 is 2.35 bits per heavy atom. The summed E-state index contributed by atoms with van der Waals surface area (Å²) in [6.07, 6.45) is 2.39. The number of carbonyl (C=O) groups is 4. The van der Waals surface area contributed by atoms with Crippen LogP contribution >= 0.6 is 0 Å². The minimum Gasteiger partial charge on any atom is -0.444 e. The number of alkyl carbamates (subject to hydrolysis) is 1. The number of rotatable bonds is 8. The smallest absolute Gasteiger partial charge is 0.408 e. The summed E-state index contributed by atoms with van der Waals surface area (Å²) in [6, 6.07) is -1.65. The molecule has 3 atom stereocenters. The van der Waals surface area contributed by atoms with Gasteiger partial charge in [0.25, 0.3) is 0 Å². The molecule has 176 valence electrons. The van der Waals surface area contributed by atoms with Gasteiger partial charge in [0.05, 0.1) is 12.6 Å². The van der Waals surface area contributed by atoms with Crippen molar-refractivity contribution in [1.29, 1.82) is 0 Å². The van der Waals surface area contributed by atoms with Crippen molar-refractivity contribution in [3.8, 4) is 0 Å². The second-order valence-electron chi connectivity index (χ2n) is 9.17. The maximum Gasteiger partial charge on any atom is 0.408 e. The van der Waals surface area contributed by atoms with Crippen molar-refractivity contribution in [2.75, 3.05) is 26.8 Å². The number of nitrogens with two attached hydrogens (primary N) is 1. The number of hydrogen-bond donors (Lipinski definition) is 2. The Morgan fingerprint density at radius 2 is 1.74 bits per heavy atom. The van der Waals surface area contributed by atoms with Crippen LogP contribution in [-0.2, 0) is 23.9 Å². The van der Waals surface area contributed by atoms with Crippen LogP contribution in [0.5, 0.6) is 0 Å². The molecule has 0 aliphatic carbocycles. The third-order valence-corrected chi connectivity index (χ3v) is 5.56. The molecule has 4 amide bonds. The Balaban J connectivity index is 2.08. The molecule has 2 aliphatic rings. The van der Waals surface area contributed by atoms with Gasteiger partial charge in [-0.05, 0) is 52.9 Å². The first-order valence-electron chi connectivity index (χ1n) is 10.9. The van der Waals surface area contributed by atoms with Crippen LogP contribution in [0.25, 0.3) is 0 Å². The van der Waals surface area contributed by atoms with Crippen molar-refractivity contribution >= 4 is 23.8 Å². The number of nitrogens with one attached hydrogen (secondary N) is 1. The van der Waals surface area contributed by atoms with Gasteiger partial charge in [0.1, 0.15) is 17.7 Å². The molecule has 2 rings (SSSR count). The van der Waals surface area contributed by atoms with E-state index in [-0.39, 0.29) is 24.8 Å². The van der Waals surface area contributed by atoms with Crippen molar-refractivity contribution in [2.24, 2.45) is 5.73 Å². The summed E-state index contributed by atoms with van der Waals surface area (Å²) in [5.41, 5.74) is 4.71. The van der Waals surface area contributed by atoms with E-state index in [2.05, 4.69) is 5.32 Å². The van der Waals surface area contributed by atoms with Crippen LogP contribution in [0.3, 0.4) is 0 Å². The zero-order valence-corrected chi connectivity index (χ0v) is 19.0. The molecule has 0 radical (unpaired) electrons. The molecule has 2 saturated heterocycles. The van der Waals surface area contributed by atoms with Crippen LogP contribution in [0, 0.1) is 0 Å². The fraction of sp³-hybridized carbons (Fsp3) is 0.810. The topological polar surface area (TPSA) is 131 Å². The van der Waals surface area contributed by atoms with Gasteiger partial charge in [-0.25, -0.2) is 4.79 Å². The highest BCUT2D eigenvalue weighted by molar-refractivity contribution is 5.91.